The van der Waals surface area contributed by atoms with Crippen LogP contribution in [0.25, 0.3) is 0 Å². The van der Waals surface area contributed by atoms with Gasteiger partial charge in [0.05, 0.1) is 11.5 Å². The molecule has 2 N–H and O–H groups in total. The van der Waals surface area contributed by atoms with E-state index in [0.717, 1.165) is 37.2 Å². The number of aliphatic hydroxyl groups excluding tert-OH is 1. The maximum absolute atomic E-state index is 12.5. The van der Waals surface area contributed by atoms with Crippen LogP contribution in [0.15, 0.2) is 11.0 Å². The van der Waals surface area contributed by atoms with Crippen LogP contribution in [0.4, 0.5) is 0 Å². The number of rotatable bonds is 4. The first-order valence-electron chi connectivity index (χ1n) is 6.98. The van der Waals surface area contributed by atoms with E-state index in [2.05, 4.69) is 9.62 Å². The summed E-state index contributed by atoms with van der Waals surface area (Å²) in [6.07, 6.45) is 3.13. The molecule has 0 bridgehead atoms. The van der Waals surface area contributed by atoms with Crippen LogP contribution in [0.3, 0.4) is 0 Å². The summed E-state index contributed by atoms with van der Waals surface area (Å²) in [5.41, 5.74) is 0. The quantitative estimate of drug-likeness (QED) is 0.871. The lowest BCUT2D eigenvalue weighted by atomic mass is 10.1. The van der Waals surface area contributed by atoms with Crippen molar-refractivity contribution in [2.75, 3.05) is 13.1 Å². The third-order valence-corrected chi connectivity index (χ3v) is 7.06. The third kappa shape index (κ3) is 2.53. The molecule has 3 rings (SSSR count). The normalized spacial score (nSPS) is 27.1. The van der Waals surface area contributed by atoms with E-state index in [1.54, 1.807) is 13.0 Å². The van der Waals surface area contributed by atoms with Gasteiger partial charge in [-0.05, 0) is 38.8 Å². The van der Waals surface area contributed by atoms with Gasteiger partial charge in [0, 0.05) is 28.4 Å². The first kappa shape index (κ1) is 14.5. The molecule has 2 aliphatic heterocycles. The predicted molar refractivity (Wildman–Crippen MR) is 78.3 cm³/mol. The van der Waals surface area contributed by atoms with Crippen molar-refractivity contribution in [1.29, 1.82) is 0 Å². The number of thiophene rings is 1. The zero-order valence-corrected chi connectivity index (χ0v) is 13.1. The molecule has 2 unspecified atom stereocenters. The number of hydrogen-bond donors (Lipinski definition) is 2. The van der Waals surface area contributed by atoms with Crippen LogP contribution in [0.5, 0.6) is 0 Å². The van der Waals surface area contributed by atoms with Crippen molar-refractivity contribution >= 4 is 21.4 Å². The molecule has 20 heavy (non-hydrogen) atoms. The minimum atomic E-state index is -3.48. The molecule has 5 nitrogen and oxygen atoms in total. The molecule has 0 amide bonds. The molecule has 0 radical (unpaired) electrons. The molecule has 1 aromatic rings. The van der Waals surface area contributed by atoms with Crippen LogP contribution in [0.1, 0.15) is 29.0 Å². The Bertz CT molecular complexity index is 597. The fourth-order valence-corrected chi connectivity index (χ4v) is 6.15. The van der Waals surface area contributed by atoms with E-state index < -0.39 is 10.0 Å². The van der Waals surface area contributed by atoms with Crippen molar-refractivity contribution in [2.45, 2.75) is 49.8 Å². The summed E-state index contributed by atoms with van der Waals surface area (Å²) in [5.74, 6) is 0. The highest BCUT2D eigenvalue weighted by Gasteiger charge is 2.39. The number of aryl methyl sites for hydroxylation is 1. The van der Waals surface area contributed by atoms with Gasteiger partial charge in [-0.25, -0.2) is 13.1 Å². The Morgan fingerprint density at radius 2 is 2.25 bits per heavy atom. The molecule has 2 aliphatic rings. The van der Waals surface area contributed by atoms with Gasteiger partial charge in [0.15, 0.2) is 0 Å². The smallest absolute Gasteiger partial charge is 0.241 e. The van der Waals surface area contributed by atoms with Gasteiger partial charge in [0.25, 0.3) is 0 Å². The SMILES string of the molecule is Cc1sc(CO)cc1S(=O)(=O)NC1CCN2CCCC12. The highest BCUT2D eigenvalue weighted by molar-refractivity contribution is 7.89. The van der Waals surface area contributed by atoms with Crippen LogP contribution < -0.4 is 4.72 Å². The second-order valence-corrected chi connectivity index (χ2v) is 8.58. The molecule has 2 fully saturated rings. The molecule has 7 heteroatoms. The van der Waals surface area contributed by atoms with E-state index in [9.17, 15) is 8.42 Å². The molecular formula is C13H20N2O3S2. The maximum atomic E-state index is 12.5. The lowest BCUT2D eigenvalue weighted by Crippen LogP contribution is -2.42. The largest absolute Gasteiger partial charge is 0.391 e. The monoisotopic (exact) mass is 316 g/mol. The number of nitrogens with zero attached hydrogens (tertiary/aromatic N) is 1. The predicted octanol–water partition coefficient (Wildman–Crippen LogP) is 1.06. The molecule has 2 saturated heterocycles. The van der Waals surface area contributed by atoms with Gasteiger partial charge in [0.2, 0.25) is 10.0 Å². The van der Waals surface area contributed by atoms with Gasteiger partial charge in [-0.2, -0.15) is 0 Å². The number of nitrogens with one attached hydrogen (secondary N) is 1. The zero-order chi connectivity index (χ0) is 14.3. The van der Waals surface area contributed by atoms with Crippen molar-refractivity contribution in [3.8, 4) is 0 Å². The standard InChI is InChI=1S/C13H20N2O3S2/c1-9-13(7-10(8-16)19-9)20(17,18)14-11-4-6-15-5-2-3-12(11)15/h7,11-12,14,16H,2-6,8H2,1H3. The number of fused-ring (bicyclic) bond motifs is 1. The van der Waals surface area contributed by atoms with Crippen molar-refractivity contribution in [1.82, 2.24) is 9.62 Å². The molecule has 112 valence electrons. The second kappa shape index (κ2) is 5.38. The van der Waals surface area contributed by atoms with E-state index in [4.69, 9.17) is 5.11 Å². The summed E-state index contributed by atoms with van der Waals surface area (Å²) in [7, 11) is -3.48. The number of aliphatic hydroxyl groups is 1. The Labute approximate surface area is 123 Å². The van der Waals surface area contributed by atoms with Crippen LogP contribution in [-0.4, -0.2) is 43.6 Å². The van der Waals surface area contributed by atoms with Crippen molar-refractivity contribution in [2.24, 2.45) is 0 Å². The Kier molecular flexibility index (Phi) is 3.89. The van der Waals surface area contributed by atoms with Gasteiger partial charge in [-0.1, -0.05) is 0 Å². The van der Waals surface area contributed by atoms with Gasteiger partial charge in [0.1, 0.15) is 0 Å². The lowest BCUT2D eigenvalue weighted by molar-refractivity contribution is 0.285. The van der Waals surface area contributed by atoms with Crippen molar-refractivity contribution in [3.05, 3.63) is 15.8 Å². The van der Waals surface area contributed by atoms with E-state index >= 15 is 0 Å². The van der Waals surface area contributed by atoms with Crippen LogP contribution >= 0.6 is 11.3 Å². The van der Waals surface area contributed by atoms with Gasteiger partial charge < -0.3 is 5.11 Å². The van der Waals surface area contributed by atoms with E-state index in [0.29, 0.717) is 15.8 Å². The van der Waals surface area contributed by atoms with Crippen LogP contribution in [0, 0.1) is 6.92 Å². The van der Waals surface area contributed by atoms with Gasteiger partial charge in [-0.3, -0.25) is 4.90 Å². The molecule has 0 aromatic carbocycles. The average molecular weight is 316 g/mol. The Balaban J connectivity index is 1.80. The Morgan fingerprint density at radius 1 is 1.45 bits per heavy atom. The molecule has 0 spiro atoms. The zero-order valence-electron chi connectivity index (χ0n) is 11.5. The summed E-state index contributed by atoms with van der Waals surface area (Å²) in [5, 5.41) is 9.14. The Hall–Kier alpha value is -0.470. The van der Waals surface area contributed by atoms with Crippen molar-refractivity contribution in [3.63, 3.8) is 0 Å². The van der Waals surface area contributed by atoms with Gasteiger partial charge >= 0.3 is 0 Å². The third-order valence-electron chi connectivity index (χ3n) is 4.28. The van der Waals surface area contributed by atoms with E-state index in [1.165, 1.54) is 11.3 Å². The van der Waals surface area contributed by atoms with Crippen LogP contribution in [0.2, 0.25) is 0 Å². The highest BCUT2D eigenvalue weighted by atomic mass is 32.2. The first-order chi connectivity index (χ1) is 9.51. The summed E-state index contributed by atoms with van der Waals surface area (Å²) < 4.78 is 27.9. The van der Waals surface area contributed by atoms with Gasteiger partial charge in [-0.15, -0.1) is 11.3 Å². The van der Waals surface area contributed by atoms with Crippen molar-refractivity contribution < 1.29 is 13.5 Å². The van der Waals surface area contributed by atoms with E-state index in [1.807, 2.05) is 0 Å². The number of sulfonamides is 1. The molecule has 0 aliphatic carbocycles. The minimum Gasteiger partial charge on any atom is -0.391 e. The summed E-state index contributed by atoms with van der Waals surface area (Å²) in [4.78, 5) is 4.13. The summed E-state index contributed by atoms with van der Waals surface area (Å²) in [6.45, 7) is 3.76. The number of hydrogen-bond acceptors (Lipinski definition) is 5. The summed E-state index contributed by atoms with van der Waals surface area (Å²) in [6, 6.07) is 1.98. The minimum absolute atomic E-state index is 0.0272. The fraction of sp³-hybridized carbons (Fsp3) is 0.692. The van der Waals surface area contributed by atoms with Crippen LogP contribution in [-0.2, 0) is 16.6 Å². The fourth-order valence-electron chi connectivity index (χ4n) is 3.35. The maximum Gasteiger partial charge on any atom is 0.241 e. The molecule has 0 saturated carbocycles. The highest BCUT2D eigenvalue weighted by Crippen LogP contribution is 2.30. The topological polar surface area (TPSA) is 69.6 Å². The molecule has 1 aromatic heterocycles. The second-order valence-electron chi connectivity index (χ2n) is 5.55. The Morgan fingerprint density at radius 3 is 2.95 bits per heavy atom. The molecule has 3 heterocycles. The molecule has 2 atom stereocenters. The first-order valence-corrected chi connectivity index (χ1v) is 9.28. The average Bonchev–Trinajstić information content (AvgIpc) is 3.06. The lowest BCUT2D eigenvalue weighted by Gasteiger charge is -2.21. The van der Waals surface area contributed by atoms with E-state index in [-0.39, 0.29) is 12.6 Å². The summed E-state index contributed by atoms with van der Waals surface area (Å²) >= 11 is 1.34. The molecular weight excluding hydrogens is 296 g/mol.